The Morgan fingerprint density at radius 1 is 1.24 bits per heavy atom. The Labute approximate surface area is 169 Å². The average Bonchev–Trinajstić information content (AvgIpc) is 3.14. The molecule has 1 aromatic heterocycles. The maximum Gasteiger partial charge on any atom is 0.255 e. The number of carbonyl (C=O) groups is 1. The number of halogens is 1. The van der Waals surface area contributed by atoms with Gasteiger partial charge >= 0.3 is 0 Å². The van der Waals surface area contributed by atoms with E-state index in [0.717, 1.165) is 30.5 Å². The predicted molar refractivity (Wildman–Crippen MR) is 112 cm³/mol. The van der Waals surface area contributed by atoms with Gasteiger partial charge in [-0.15, -0.1) is 0 Å². The molecule has 1 amide bonds. The minimum absolute atomic E-state index is 0.131. The van der Waals surface area contributed by atoms with E-state index in [1.807, 2.05) is 31.2 Å². The van der Waals surface area contributed by atoms with Crippen LogP contribution in [-0.2, 0) is 0 Å². The van der Waals surface area contributed by atoms with Gasteiger partial charge in [-0.2, -0.15) is 5.10 Å². The SMILES string of the molecule is Cc1cccc(-c2nn(-c3ccc(F)cc3)cc2C(=O)NC2CCNC(C)C2)c1. The zero-order valence-corrected chi connectivity index (χ0v) is 16.7. The van der Waals surface area contributed by atoms with Crippen molar-refractivity contribution in [3.63, 3.8) is 0 Å². The van der Waals surface area contributed by atoms with Crippen LogP contribution in [0.3, 0.4) is 0 Å². The standard InChI is InChI=1S/C23H25FN4O/c1-15-4-3-5-17(12-15)22-21(23(29)26-19-10-11-25-16(2)13-19)14-28(27-22)20-8-6-18(24)7-9-20/h3-9,12,14,16,19,25H,10-11,13H2,1-2H3,(H,26,29). The lowest BCUT2D eigenvalue weighted by Gasteiger charge is -2.28. The number of aryl methyl sites for hydroxylation is 1. The fourth-order valence-corrected chi connectivity index (χ4v) is 3.80. The number of rotatable bonds is 4. The molecule has 2 aromatic carbocycles. The number of hydrogen-bond donors (Lipinski definition) is 2. The second-order valence-electron chi connectivity index (χ2n) is 7.73. The lowest BCUT2D eigenvalue weighted by molar-refractivity contribution is 0.0926. The fraction of sp³-hybridized carbons (Fsp3) is 0.304. The minimum atomic E-state index is -0.308. The van der Waals surface area contributed by atoms with Gasteiger partial charge in [0.15, 0.2) is 0 Å². The van der Waals surface area contributed by atoms with E-state index >= 15 is 0 Å². The molecule has 2 unspecified atom stereocenters. The van der Waals surface area contributed by atoms with E-state index in [2.05, 4.69) is 22.7 Å². The topological polar surface area (TPSA) is 59.0 Å². The van der Waals surface area contributed by atoms with E-state index in [4.69, 9.17) is 0 Å². The van der Waals surface area contributed by atoms with E-state index in [0.29, 0.717) is 23.0 Å². The first-order chi connectivity index (χ1) is 14.0. The first kappa shape index (κ1) is 19.3. The summed E-state index contributed by atoms with van der Waals surface area (Å²) in [7, 11) is 0. The fourth-order valence-electron chi connectivity index (χ4n) is 3.80. The van der Waals surface area contributed by atoms with Crippen LogP contribution in [0.2, 0.25) is 0 Å². The van der Waals surface area contributed by atoms with Crippen molar-refractivity contribution in [3.8, 4) is 16.9 Å². The van der Waals surface area contributed by atoms with E-state index in [-0.39, 0.29) is 17.8 Å². The number of nitrogens with zero attached hydrogens (tertiary/aromatic N) is 2. The highest BCUT2D eigenvalue weighted by Gasteiger charge is 2.24. The molecule has 1 saturated heterocycles. The molecule has 0 saturated carbocycles. The molecule has 2 N–H and O–H groups in total. The van der Waals surface area contributed by atoms with Crippen LogP contribution in [0.5, 0.6) is 0 Å². The molecule has 5 nitrogen and oxygen atoms in total. The summed E-state index contributed by atoms with van der Waals surface area (Å²) in [6.07, 6.45) is 3.53. The normalized spacial score (nSPS) is 19.1. The molecule has 4 rings (SSSR count). The van der Waals surface area contributed by atoms with E-state index in [1.165, 1.54) is 12.1 Å². The maximum atomic E-state index is 13.3. The monoisotopic (exact) mass is 392 g/mol. The van der Waals surface area contributed by atoms with Crippen LogP contribution < -0.4 is 10.6 Å². The summed E-state index contributed by atoms with van der Waals surface area (Å²) in [5.41, 5.74) is 3.82. The summed E-state index contributed by atoms with van der Waals surface area (Å²) in [5.74, 6) is -0.438. The lowest BCUT2D eigenvalue weighted by Crippen LogP contribution is -2.46. The van der Waals surface area contributed by atoms with E-state index in [9.17, 15) is 9.18 Å². The van der Waals surface area contributed by atoms with Gasteiger partial charge in [0, 0.05) is 23.8 Å². The van der Waals surface area contributed by atoms with Crippen molar-refractivity contribution in [2.75, 3.05) is 6.54 Å². The number of piperidine rings is 1. The van der Waals surface area contributed by atoms with E-state index in [1.54, 1.807) is 23.0 Å². The van der Waals surface area contributed by atoms with Gasteiger partial charge in [-0.3, -0.25) is 4.79 Å². The third-order valence-electron chi connectivity index (χ3n) is 5.30. The van der Waals surface area contributed by atoms with Crippen LogP contribution in [0.1, 0.15) is 35.7 Å². The Hall–Kier alpha value is -2.99. The van der Waals surface area contributed by atoms with Crippen molar-refractivity contribution in [3.05, 3.63) is 71.7 Å². The smallest absolute Gasteiger partial charge is 0.255 e. The van der Waals surface area contributed by atoms with Crippen molar-refractivity contribution in [1.29, 1.82) is 0 Å². The molecule has 1 fully saturated rings. The van der Waals surface area contributed by atoms with Crippen molar-refractivity contribution in [1.82, 2.24) is 20.4 Å². The van der Waals surface area contributed by atoms with Crippen LogP contribution in [0.4, 0.5) is 4.39 Å². The molecule has 0 spiro atoms. The molecular formula is C23H25FN4O. The second-order valence-corrected chi connectivity index (χ2v) is 7.73. The summed E-state index contributed by atoms with van der Waals surface area (Å²) in [5, 5.41) is 11.2. The Morgan fingerprint density at radius 3 is 2.76 bits per heavy atom. The summed E-state index contributed by atoms with van der Waals surface area (Å²) >= 11 is 0. The molecule has 2 atom stereocenters. The first-order valence-corrected chi connectivity index (χ1v) is 9.96. The second kappa shape index (κ2) is 8.17. The summed E-state index contributed by atoms with van der Waals surface area (Å²) in [4.78, 5) is 13.2. The number of nitrogens with one attached hydrogen (secondary N) is 2. The van der Waals surface area contributed by atoms with Crippen molar-refractivity contribution in [2.24, 2.45) is 0 Å². The highest BCUT2D eigenvalue weighted by molar-refractivity contribution is 6.00. The Bertz CT molecular complexity index is 1010. The molecule has 0 bridgehead atoms. The molecule has 0 aliphatic carbocycles. The summed E-state index contributed by atoms with van der Waals surface area (Å²) < 4.78 is 15.0. The highest BCUT2D eigenvalue weighted by atomic mass is 19.1. The minimum Gasteiger partial charge on any atom is -0.349 e. The van der Waals surface area contributed by atoms with Crippen LogP contribution in [0.25, 0.3) is 16.9 Å². The van der Waals surface area contributed by atoms with Gasteiger partial charge in [-0.05, 0) is 63.6 Å². The zero-order chi connectivity index (χ0) is 20.4. The molecule has 2 heterocycles. The summed E-state index contributed by atoms with van der Waals surface area (Å²) in [6, 6.07) is 14.5. The molecule has 6 heteroatoms. The Kier molecular flexibility index (Phi) is 5.45. The lowest BCUT2D eigenvalue weighted by atomic mass is 10.00. The van der Waals surface area contributed by atoms with E-state index < -0.39 is 0 Å². The number of hydrogen-bond acceptors (Lipinski definition) is 3. The Balaban J connectivity index is 1.70. The van der Waals surface area contributed by atoms with Crippen molar-refractivity contribution in [2.45, 2.75) is 38.8 Å². The number of amides is 1. The van der Waals surface area contributed by atoms with Gasteiger partial charge in [0.05, 0.1) is 11.3 Å². The molecule has 0 radical (unpaired) electrons. The average molecular weight is 392 g/mol. The highest BCUT2D eigenvalue weighted by Crippen LogP contribution is 2.25. The number of carbonyl (C=O) groups excluding carboxylic acids is 1. The van der Waals surface area contributed by atoms with Crippen LogP contribution in [0.15, 0.2) is 54.7 Å². The van der Waals surface area contributed by atoms with Crippen LogP contribution >= 0.6 is 0 Å². The van der Waals surface area contributed by atoms with Crippen LogP contribution in [0, 0.1) is 12.7 Å². The third-order valence-corrected chi connectivity index (χ3v) is 5.30. The third kappa shape index (κ3) is 4.38. The molecular weight excluding hydrogens is 367 g/mol. The molecule has 29 heavy (non-hydrogen) atoms. The van der Waals surface area contributed by atoms with Gasteiger partial charge in [-0.25, -0.2) is 9.07 Å². The zero-order valence-electron chi connectivity index (χ0n) is 16.7. The van der Waals surface area contributed by atoms with Gasteiger partial charge in [-0.1, -0.05) is 23.8 Å². The first-order valence-electron chi connectivity index (χ1n) is 9.96. The number of aromatic nitrogens is 2. The largest absolute Gasteiger partial charge is 0.349 e. The predicted octanol–water partition coefficient (Wildman–Crippen LogP) is 3.86. The maximum absolute atomic E-state index is 13.3. The van der Waals surface area contributed by atoms with Gasteiger partial charge in [0.25, 0.3) is 5.91 Å². The quantitative estimate of drug-likeness (QED) is 0.709. The summed E-state index contributed by atoms with van der Waals surface area (Å²) in [6.45, 7) is 5.03. The Morgan fingerprint density at radius 2 is 2.03 bits per heavy atom. The number of benzene rings is 2. The van der Waals surface area contributed by atoms with Gasteiger partial charge < -0.3 is 10.6 Å². The van der Waals surface area contributed by atoms with Gasteiger partial charge in [0.2, 0.25) is 0 Å². The molecule has 1 aliphatic heterocycles. The van der Waals surface area contributed by atoms with Crippen LogP contribution in [-0.4, -0.2) is 34.3 Å². The molecule has 150 valence electrons. The van der Waals surface area contributed by atoms with Crippen molar-refractivity contribution < 1.29 is 9.18 Å². The van der Waals surface area contributed by atoms with Crippen molar-refractivity contribution >= 4 is 5.91 Å². The van der Waals surface area contributed by atoms with Gasteiger partial charge in [0.1, 0.15) is 11.5 Å². The molecule has 3 aromatic rings. The molecule has 1 aliphatic rings.